The van der Waals surface area contributed by atoms with E-state index in [1.165, 1.54) is 13.0 Å². The van der Waals surface area contributed by atoms with Crippen LogP contribution in [0, 0.1) is 23.0 Å². The predicted molar refractivity (Wildman–Crippen MR) is 72.0 cm³/mol. The van der Waals surface area contributed by atoms with Crippen LogP contribution < -0.4 is 9.88 Å². The van der Waals surface area contributed by atoms with E-state index in [4.69, 9.17) is 9.88 Å². The third-order valence-corrected chi connectivity index (χ3v) is 4.51. The maximum atomic E-state index is 11.4. The van der Waals surface area contributed by atoms with Crippen molar-refractivity contribution in [2.45, 2.75) is 31.1 Å². The van der Waals surface area contributed by atoms with E-state index in [2.05, 4.69) is 0 Å². The van der Waals surface area contributed by atoms with Crippen molar-refractivity contribution in [1.82, 2.24) is 0 Å². The van der Waals surface area contributed by atoms with E-state index in [9.17, 15) is 18.5 Å². The maximum Gasteiger partial charge on any atom is 0.312 e. The molecule has 2 rings (SSSR count). The van der Waals surface area contributed by atoms with Gasteiger partial charge in [-0.2, -0.15) is 0 Å². The Kier molecular flexibility index (Phi) is 3.96. The molecule has 1 saturated carbocycles. The van der Waals surface area contributed by atoms with E-state index in [0.29, 0.717) is 18.1 Å². The Labute approximate surface area is 116 Å². The monoisotopic (exact) mass is 300 g/mol. The number of rotatable bonds is 5. The molecule has 0 saturated heterocycles. The number of sulfonamides is 1. The normalized spacial score (nSPS) is 15.7. The number of aryl methyl sites for hydroxylation is 1. The van der Waals surface area contributed by atoms with E-state index in [0.717, 1.165) is 25.3 Å². The zero-order valence-corrected chi connectivity index (χ0v) is 11.9. The van der Waals surface area contributed by atoms with Gasteiger partial charge in [0.1, 0.15) is 0 Å². The van der Waals surface area contributed by atoms with Gasteiger partial charge >= 0.3 is 5.69 Å². The summed E-state index contributed by atoms with van der Waals surface area (Å²) < 4.78 is 28.2. The average Bonchev–Trinajstić information content (AvgIpc) is 2.24. The Morgan fingerprint density at radius 3 is 2.55 bits per heavy atom. The second kappa shape index (κ2) is 5.37. The molecule has 0 aromatic heterocycles. The summed E-state index contributed by atoms with van der Waals surface area (Å²) in [6.07, 6.45) is 3.27. The first kappa shape index (κ1) is 14.7. The number of nitro groups is 1. The lowest BCUT2D eigenvalue weighted by Crippen LogP contribution is -2.20. The Morgan fingerprint density at radius 1 is 1.45 bits per heavy atom. The predicted octanol–water partition coefficient (Wildman–Crippen LogP) is 1.73. The van der Waals surface area contributed by atoms with Crippen LogP contribution in [-0.2, 0) is 10.0 Å². The van der Waals surface area contributed by atoms with Crippen LogP contribution in [0.25, 0.3) is 0 Å². The topological polar surface area (TPSA) is 113 Å². The molecular weight excluding hydrogens is 284 g/mol. The van der Waals surface area contributed by atoms with E-state index >= 15 is 0 Å². The zero-order valence-electron chi connectivity index (χ0n) is 11.0. The molecule has 0 spiro atoms. The molecule has 1 aliphatic carbocycles. The molecule has 20 heavy (non-hydrogen) atoms. The molecule has 0 radical (unpaired) electrons. The van der Waals surface area contributed by atoms with E-state index in [-0.39, 0.29) is 16.3 Å². The Hall–Kier alpha value is -1.67. The van der Waals surface area contributed by atoms with Gasteiger partial charge in [-0.1, -0.05) is 6.42 Å². The summed E-state index contributed by atoms with van der Waals surface area (Å²) in [5.41, 5.74) is -0.0411. The minimum Gasteiger partial charge on any atom is -0.487 e. The molecular formula is C12H16N2O5S. The van der Waals surface area contributed by atoms with Crippen molar-refractivity contribution in [3.8, 4) is 5.75 Å². The molecule has 1 aromatic carbocycles. The van der Waals surface area contributed by atoms with Crippen LogP contribution in [-0.4, -0.2) is 19.9 Å². The number of hydrogen-bond acceptors (Lipinski definition) is 5. The van der Waals surface area contributed by atoms with Crippen molar-refractivity contribution in [2.75, 3.05) is 6.61 Å². The third-order valence-electron chi connectivity index (χ3n) is 3.46. The fourth-order valence-corrected chi connectivity index (χ4v) is 2.87. The van der Waals surface area contributed by atoms with Gasteiger partial charge < -0.3 is 4.74 Å². The number of primary sulfonamides is 1. The Balaban J connectivity index is 2.35. The standard InChI is InChI=1S/C12H16N2O5S/c1-8-5-11(19-7-9-3-2-4-9)10(14(15)16)6-12(8)20(13,17)18/h5-6,9H,2-4,7H2,1H3,(H2,13,17,18). The molecule has 0 bridgehead atoms. The van der Waals surface area contributed by atoms with Gasteiger partial charge in [0.25, 0.3) is 0 Å². The molecule has 110 valence electrons. The number of ether oxygens (including phenoxy) is 1. The van der Waals surface area contributed by atoms with Gasteiger partial charge in [-0.05, 0) is 37.3 Å². The SMILES string of the molecule is Cc1cc(OCC2CCC2)c([N+](=O)[O-])cc1S(N)(=O)=O. The highest BCUT2D eigenvalue weighted by Crippen LogP contribution is 2.34. The maximum absolute atomic E-state index is 11.4. The van der Waals surface area contributed by atoms with Crippen LogP contribution in [0.15, 0.2) is 17.0 Å². The minimum atomic E-state index is -3.99. The number of nitrogens with two attached hydrogens (primary N) is 1. The van der Waals surface area contributed by atoms with Crippen molar-refractivity contribution in [1.29, 1.82) is 0 Å². The Bertz CT molecular complexity index is 637. The first-order chi connectivity index (χ1) is 9.29. The van der Waals surface area contributed by atoms with Gasteiger partial charge in [0.05, 0.1) is 16.4 Å². The van der Waals surface area contributed by atoms with E-state index < -0.39 is 14.9 Å². The number of benzene rings is 1. The van der Waals surface area contributed by atoms with Crippen LogP contribution >= 0.6 is 0 Å². The number of nitrogens with zero attached hydrogens (tertiary/aromatic N) is 1. The lowest BCUT2D eigenvalue weighted by molar-refractivity contribution is -0.386. The van der Waals surface area contributed by atoms with Crippen molar-refractivity contribution >= 4 is 15.7 Å². The van der Waals surface area contributed by atoms with Gasteiger partial charge in [0, 0.05) is 6.07 Å². The summed E-state index contributed by atoms with van der Waals surface area (Å²) in [5.74, 6) is 0.514. The van der Waals surface area contributed by atoms with E-state index in [1.807, 2.05) is 0 Å². The first-order valence-corrected chi connectivity index (χ1v) is 7.78. The molecule has 7 nitrogen and oxygen atoms in total. The highest BCUT2D eigenvalue weighted by Gasteiger charge is 2.25. The van der Waals surface area contributed by atoms with E-state index in [1.54, 1.807) is 0 Å². The first-order valence-electron chi connectivity index (χ1n) is 6.23. The van der Waals surface area contributed by atoms with Gasteiger partial charge in [-0.25, -0.2) is 13.6 Å². The van der Waals surface area contributed by atoms with Gasteiger partial charge in [-0.3, -0.25) is 10.1 Å². The molecule has 1 aromatic rings. The molecule has 0 amide bonds. The van der Waals surface area contributed by atoms with Gasteiger partial charge in [0.15, 0.2) is 5.75 Å². The minimum absolute atomic E-state index is 0.0896. The lowest BCUT2D eigenvalue weighted by atomic mass is 9.86. The van der Waals surface area contributed by atoms with Crippen LogP contribution in [0.5, 0.6) is 5.75 Å². The van der Waals surface area contributed by atoms with Gasteiger partial charge in [-0.15, -0.1) is 0 Å². The molecule has 1 fully saturated rings. The summed E-state index contributed by atoms with van der Waals surface area (Å²) in [4.78, 5) is 10.1. The van der Waals surface area contributed by atoms with Crippen LogP contribution in [0.2, 0.25) is 0 Å². The lowest BCUT2D eigenvalue weighted by Gasteiger charge is -2.25. The van der Waals surface area contributed by atoms with Crippen molar-refractivity contribution < 1.29 is 18.1 Å². The van der Waals surface area contributed by atoms with Crippen molar-refractivity contribution in [3.05, 3.63) is 27.8 Å². The fourth-order valence-electron chi connectivity index (χ4n) is 2.08. The third kappa shape index (κ3) is 3.07. The summed E-state index contributed by atoms with van der Waals surface area (Å²) in [6.45, 7) is 1.94. The van der Waals surface area contributed by atoms with Crippen LogP contribution in [0.3, 0.4) is 0 Å². The summed E-state index contributed by atoms with van der Waals surface area (Å²) in [7, 11) is -3.99. The summed E-state index contributed by atoms with van der Waals surface area (Å²) in [5, 5.41) is 16.1. The molecule has 0 unspecified atom stereocenters. The average molecular weight is 300 g/mol. The number of nitro benzene ring substituents is 1. The molecule has 8 heteroatoms. The van der Waals surface area contributed by atoms with Gasteiger partial charge in [0.2, 0.25) is 10.0 Å². The van der Waals surface area contributed by atoms with Crippen molar-refractivity contribution in [2.24, 2.45) is 11.1 Å². The fraction of sp³-hybridized carbons (Fsp3) is 0.500. The molecule has 1 aliphatic rings. The quantitative estimate of drug-likeness (QED) is 0.657. The summed E-state index contributed by atoms with van der Waals surface area (Å²) >= 11 is 0. The highest BCUT2D eigenvalue weighted by molar-refractivity contribution is 7.89. The molecule has 2 N–H and O–H groups in total. The highest BCUT2D eigenvalue weighted by atomic mass is 32.2. The van der Waals surface area contributed by atoms with Crippen LogP contribution in [0.1, 0.15) is 24.8 Å². The smallest absolute Gasteiger partial charge is 0.312 e. The largest absolute Gasteiger partial charge is 0.487 e. The molecule has 0 heterocycles. The summed E-state index contributed by atoms with van der Waals surface area (Å²) in [6, 6.07) is 2.32. The Morgan fingerprint density at radius 2 is 2.10 bits per heavy atom. The second-order valence-corrected chi connectivity index (χ2v) is 6.53. The molecule has 0 atom stereocenters. The van der Waals surface area contributed by atoms with Crippen molar-refractivity contribution in [3.63, 3.8) is 0 Å². The molecule has 0 aliphatic heterocycles. The van der Waals surface area contributed by atoms with Crippen LogP contribution in [0.4, 0.5) is 5.69 Å². The zero-order chi connectivity index (χ0) is 14.9. The number of hydrogen-bond donors (Lipinski definition) is 1. The second-order valence-electron chi connectivity index (χ2n) is 5.00.